The quantitative estimate of drug-likeness (QED) is 0.843. The number of nitrogens with one attached hydrogen (secondary N) is 1. The minimum atomic E-state index is 0.347. The molecule has 3 nitrogen and oxygen atoms in total. The third kappa shape index (κ3) is 2.67. The van der Waals surface area contributed by atoms with Crippen LogP contribution in [0.25, 0.3) is 10.2 Å². The first kappa shape index (κ1) is 13.1. The van der Waals surface area contributed by atoms with Crippen LogP contribution < -0.4 is 11.1 Å². The molecule has 0 spiro atoms. The van der Waals surface area contributed by atoms with Crippen LogP contribution in [0.2, 0.25) is 0 Å². The van der Waals surface area contributed by atoms with Crippen molar-refractivity contribution in [2.24, 2.45) is 0 Å². The summed E-state index contributed by atoms with van der Waals surface area (Å²) in [6.45, 7) is 5.33. The van der Waals surface area contributed by atoms with Gasteiger partial charge in [0.15, 0.2) is 0 Å². The highest BCUT2D eigenvalue weighted by Crippen LogP contribution is 2.38. The van der Waals surface area contributed by atoms with Crippen molar-refractivity contribution in [3.05, 3.63) is 17.1 Å². The van der Waals surface area contributed by atoms with Crippen LogP contribution >= 0.6 is 23.1 Å². The standard InChI is InChI=1S/C14H19N3S2/c1-9-17-12-7-11(10(15)6-13(12)19-9)16-8-14(2)4-3-5-18-14/h6-7,16H,3-5,8,15H2,1-2H3. The normalized spacial score (nSPS) is 23.1. The van der Waals surface area contributed by atoms with E-state index in [2.05, 4.69) is 35.1 Å². The lowest BCUT2D eigenvalue weighted by Crippen LogP contribution is -2.27. The van der Waals surface area contributed by atoms with Gasteiger partial charge in [-0.2, -0.15) is 11.8 Å². The van der Waals surface area contributed by atoms with Crippen LogP contribution in [0.5, 0.6) is 0 Å². The number of rotatable bonds is 3. The molecule has 19 heavy (non-hydrogen) atoms. The van der Waals surface area contributed by atoms with E-state index in [1.807, 2.05) is 13.0 Å². The summed E-state index contributed by atoms with van der Waals surface area (Å²) in [5, 5.41) is 4.60. The van der Waals surface area contributed by atoms with Gasteiger partial charge in [-0.05, 0) is 44.6 Å². The lowest BCUT2D eigenvalue weighted by molar-refractivity contribution is 0.635. The number of nitrogens with two attached hydrogens (primary N) is 1. The third-order valence-electron chi connectivity index (χ3n) is 3.62. The number of nitrogens with zero attached hydrogens (tertiary/aromatic N) is 1. The molecule has 2 heterocycles. The smallest absolute Gasteiger partial charge is 0.0907 e. The van der Waals surface area contributed by atoms with Crippen LogP contribution in [0, 0.1) is 6.92 Å². The van der Waals surface area contributed by atoms with E-state index in [-0.39, 0.29) is 0 Å². The molecule has 1 aromatic carbocycles. The first-order chi connectivity index (χ1) is 9.06. The maximum absolute atomic E-state index is 6.13. The van der Waals surface area contributed by atoms with E-state index in [1.165, 1.54) is 23.3 Å². The Morgan fingerprint density at radius 1 is 1.47 bits per heavy atom. The molecule has 3 rings (SSSR count). The molecular formula is C14H19N3S2. The first-order valence-electron chi connectivity index (χ1n) is 6.60. The summed E-state index contributed by atoms with van der Waals surface area (Å²) >= 11 is 3.76. The van der Waals surface area contributed by atoms with Crippen LogP contribution in [-0.4, -0.2) is 22.0 Å². The van der Waals surface area contributed by atoms with Gasteiger partial charge in [-0.1, -0.05) is 0 Å². The number of hydrogen-bond donors (Lipinski definition) is 2. The Morgan fingerprint density at radius 3 is 3.05 bits per heavy atom. The maximum Gasteiger partial charge on any atom is 0.0907 e. The molecule has 3 N–H and O–H groups in total. The molecule has 1 unspecified atom stereocenters. The lowest BCUT2D eigenvalue weighted by Gasteiger charge is -2.24. The van der Waals surface area contributed by atoms with Gasteiger partial charge in [0, 0.05) is 11.3 Å². The fourth-order valence-electron chi connectivity index (χ4n) is 2.52. The van der Waals surface area contributed by atoms with E-state index in [0.717, 1.165) is 28.4 Å². The average molecular weight is 293 g/mol. The molecule has 1 aromatic heterocycles. The third-order valence-corrected chi connectivity index (χ3v) is 6.09. The summed E-state index contributed by atoms with van der Waals surface area (Å²) in [4.78, 5) is 4.53. The first-order valence-corrected chi connectivity index (χ1v) is 8.40. The molecule has 1 aliphatic rings. The zero-order valence-corrected chi connectivity index (χ0v) is 13.0. The molecule has 5 heteroatoms. The Hall–Kier alpha value is -0.940. The van der Waals surface area contributed by atoms with Crippen molar-refractivity contribution in [2.45, 2.75) is 31.4 Å². The molecule has 1 fully saturated rings. The predicted molar refractivity (Wildman–Crippen MR) is 87.4 cm³/mol. The highest BCUT2D eigenvalue weighted by Gasteiger charge is 2.29. The van der Waals surface area contributed by atoms with Crippen LogP contribution in [0.4, 0.5) is 11.4 Å². The molecule has 0 bridgehead atoms. The second-order valence-corrected chi connectivity index (χ2v) is 8.31. The highest BCUT2D eigenvalue weighted by molar-refractivity contribution is 8.00. The van der Waals surface area contributed by atoms with Crippen LogP contribution in [0.1, 0.15) is 24.8 Å². The monoisotopic (exact) mass is 293 g/mol. The summed E-state index contributed by atoms with van der Waals surface area (Å²) in [5.41, 5.74) is 9.02. The molecule has 2 aromatic rings. The van der Waals surface area contributed by atoms with Gasteiger partial charge in [0.2, 0.25) is 0 Å². The maximum atomic E-state index is 6.13. The molecular weight excluding hydrogens is 274 g/mol. The molecule has 0 radical (unpaired) electrons. The molecule has 1 atom stereocenters. The molecule has 102 valence electrons. The second-order valence-electron chi connectivity index (χ2n) is 5.40. The number of thiazole rings is 1. The Labute approximate surface area is 122 Å². The number of benzene rings is 1. The summed E-state index contributed by atoms with van der Waals surface area (Å²) < 4.78 is 1.52. The van der Waals surface area contributed by atoms with Gasteiger partial charge in [0.1, 0.15) is 0 Å². The van der Waals surface area contributed by atoms with Crippen molar-refractivity contribution >= 4 is 44.7 Å². The largest absolute Gasteiger partial charge is 0.397 e. The summed E-state index contributed by atoms with van der Waals surface area (Å²) in [5.74, 6) is 1.28. The van der Waals surface area contributed by atoms with Crippen LogP contribution in [0.3, 0.4) is 0 Å². The minimum Gasteiger partial charge on any atom is -0.397 e. The van der Waals surface area contributed by atoms with Crippen molar-refractivity contribution in [3.63, 3.8) is 0 Å². The number of anilines is 2. The Kier molecular flexibility index (Phi) is 3.35. The van der Waals surface area contributed by atoms with E-state index in [1.54, 1.807) is 11.3 Å². The molecule has 0 saturated carbocycles. The summed E-state index contributed by atoms with van der Waals surface area (Å²) in [7, 11) is 0. The van der Waals surface area contributed by atoms with E-state index >= 15 is 0 Å². The van der Waals surface area contributed by atoms with Gasteiger partial charge in [0.25, 0.3) is 0 Å². The zero-order valence-electron chi connectivity index (χ0n) is 11.3. The number of aryl methyl sites for hydroxylation is 1. The van der Waals surface area contributed by atoms with E-state index in [0.29, 0.717) is 4.75 Å². The van der Waals surface area contributed by atoms with E-state index < -0.39 is 0 Å². The van der Waals surface area contributed by atoms with Gasteiger partial charge in [-0.15, -0.1) is 11.3 Å². The highest BCUT2D eigenvalue weighted by atomic mass is 32.2. The van der Waals surface area contributed by atoms with Gasteiger partial charge < -0.3 is 11.1 Å². The average Bonchev–Trinajstić information content (AvgIpc) is 2.92. The molecule has 0 amide bonds. The Bertz CT molecular complexity index is 600. The van der Waals surface area contributed by atoms with Crippen LogP contribution in [-0.2, 0) is 0 Å². The van der Waals surface area contributed by atoms with E-state index in [4.69, 9.17) is 5.73 Å². The Balaban J connectivity index is 1.82. The van der Waals surface area contributed by atoms with E-state index in [9.17, 15) is 0 Å². The molecule has 1 saturated heterocycles. The van der Waals surface area contributed by atoms with Crippen molar-refractivity contribution in [2.75, 3.05) is 23.3 Å². The fraction of sp³-hybridized carbons (Fsp3) is 0.500. The summed E-state index contributed by atoms with van der Waals surface area (Å²) in [6, 6.07) is 4.11. The molecule has 1 aliphatic heterocycles. The van der Waals surface area contributed by atoms with Gasteiger partial charge in [-0.3, -0.25) is 0 Å². The van der Waals surface area contributed by atoms with Crippen molar-refractivity contribution in [3.8, 4) is 0 Å². The minimum absolute atomic E-state index is 0.347. The predicted octanol–water partition coefficient (Wildman–Crippen LogP) is 3.88. The number of aromatic nitrogens is 1. The Morgan fingerprint density at radius 2 is 2.32 bits per heavy atom. The second kappa shape index (κ2) is 4.87. The van der Waals surface area contributed by atoms with Crippen molar-refractivity contribution in [1.29, 1.82) is 0 Å². The van der Waals surface area contributed by atoms with Crippen molar-refractivity contribution in [1.82, 2.24) is 4.98 Å². The van der Waals surface area contributed by atoms with Crippen molar-refractivity contribution < 1.29 is 0 Å². The number of thioether (sulfide) groups is 1. The lowest BCUT2D eigenvalue weighted by atomic mass is 10.1. The topological polar surface area (TPSA) is 50.9 Å². The number of hydrogen-bond acceptors (Lipinski definition) is 5. The SMILES string of the molecule is Cc1nc2cc(NCC3(C)CCCS3)c(N)cc2s1. The van der Waals surface area contributed by atoms with Gasteiger partial charge in [-0.25, -0.2) is 4.98 Å². The zero-order chi connectivity index (χ0) is 13.5. The number of nitrogen functional groups attached to an aromatic ring is 1. The summed E-state index contributed by atoms with van der Waals surface area (Å²) in [6.07, 6.45) is 2.60. The van der Waals surface area contributed by atoms with Gasteiger partial charge in [0.05, 0.1) is 26.6 Å². The van der Waals surface area contributed by atoms with Crippen LogP contribution in [0.15, 0.2) is 12.1 Å². The molecule has 0 aliphatic carbocycles. The van der Waals surface area contributed by atoms with Gasteiger partial charge >= 0.3 is 0 Å². The fourth-order valence-corrected chi connectivity index (χ4v) is 4.62. The number of fused-ring (bicyclic) bond motifs is 1.